The Morgan fingerprint density at radius 2 is 1.93 bits per heavy atom. The number of fused-ring (bicyclic) bond motifs is 1. The van der Waals surface area contributed by atoms with Gasteiger partial charge >= 0.3 is 5.97 Å². The highest BCUT2D eigenvalue weighted by atomic mass is 19.1. The zero-order valence-corrected chi connectivity index (χ0v) is 17.5. The second kappa shape index (κ2) is 8.18. The summed E-state index contributed by atoms with van der Waals surface area (Å²) in [7, 11) is 0. The molecule has 4 heteroatoms. The molecule has 0 N–H and O–H groups in total. The molecule has 0 aliphatic heterocycles. The highest BCUT2D eigenvalue weighted by Gasteiger charge is 2.49. The molecule has 2 aliphatic carbocycles. The monoisotopic (exact) mass is 385 g/mol. The minimum atomic E-state index is -0.429. The number of halogens is 1. The number of rotatable bonds is 6. The van der Waals surface area contributed by atoms with Gasteiger partial charge in [0.15, 0.2) is 0 Å². The number of nitrogens with zero attached hydrogens (tertiary/aromatic N) is 1. The number of hydrogen-bond donors (Lipinski definition) is 0. The van der Waals surface area contributed by atoms with Crippen molar-refractivity contribution in [1.29, 1.82) is 0 Å². The lowest BCUT2D eigenvalue weighted by Crippen LogP contribution is -2.34. The normalized spacial score (nSPS) is 27.5. The number of hydrogen-bond acceptors (Lipinski definition) is 3. The lowest BCUT2D eigenvalue weighted by atomic mass is 9.75. The molecule has 0 amide bonds. The summed E-state index contributed by atoms with van der Waals surface area (Å²) in [5, 5.41) is 0. The molecule has 2 saturated carbocycles. The summed E-state index contributed by atoms with van der Waals surface area (Å²) in [5.41, 5.74) is 2.36. The largest absolute Gasteiger partial charge is 0.466 e. The topological polar surface area (TPSA) is 38.7 Å². The van der Waals surface area contributed by atoms with E-state index in [9.17, 15) is 9.18 Å². The Morgan fingerprint density at radius 3 is 2.46 bits per heavy atom. The molecule has 3 rings (SSSR count). The van der Waals surface area contributed by atoms with Crippen molar-refractivity contribution in [3.63, 3.8) is 0 Å². The second-order valence-electron chi connectivity index (χ2n) is 8.86. The first-order valence-corrected chi connectivity index (χ1v) is 10.4. The van der Waals surface area contributed by atoms with Gasteiger partial charge in [-0.1, -0.05) is 6.08 Å². The molecule has 2 aliphatic rings. The summed E-state index contributed by atoms with van der Waals surface area (Å²) in [6.07, 6.45) is 6.42. The number of ether oxygens (including phenoxy) is 1. The van der Waals surface area contributed by atoms with Crippen LogP contribution in [0.25, 0.3) is 5.57 Å². The van der Waals surface area contributed by atoms with Gasteiger partial charge in [0.2, 0.25) is 0 Å². The van der Waals surface area contributed by atoms with Crippen LogP contribution in [0, 0.1) is 34.9 Å². The molecule has 4 atom stereocenters. The van der Waals surface area contributed by atoms with E-state index in [2.05, 4.69) is 17.8 Å². The molecule has 2 fully saturated rings. The molecule has 0 radical (unpaired) electrons. The van der Waals surface area contributed by atoms with E-state index in [1.165, 1.54) is 11.6 Å². The van der Waals surface area contributed by atoms with E-state index in [-0.39, 0.29) is 11.8 Å². The molecule has 0 saturated heterocycles. The van der Waals surface area contributed by atoms with Gasteiger partial charge in [0.05, 0.1) is 17.7 Å². The van der Waals surface area contributed by atoms with Crippen molar-refractivity contribution in [2.45, 2.75) is 53.4 Å². The van der Waals surface area contributed by atoms with Crippen LogP contribution in [0.5, 0.6) is 0 Å². The summed E-state index contributed by atoms with van der Waals surface area (Å²) in [6, 6.07) is 4.72. The van der Waals surface area contributed by atoms with E-state index in [0.29, 0.717) is 30.3 Å². The van der Waals surface area contributed by atoms with Crippen molar-refractivity contribution in [2.24, 2.45) is 34.1 Å². The average molecular weight is 386 g/mol. The van der Waals surface area contributed by atoms with Gasteiger partial charge in [-0.3, -0.25) is 9.79 Å². The standard InChI is InChI=1S/C24H32FNO2/c1-6-20(21-14-19(25)8-9-22(21)26-5)17-10-15-12-18(13-16(15)11-17)24(3,4)23(27)28-7-2/h6,8-9,14-18H,5,7,10-13H2,1-4H3/b20-6-/t15-,16+,17+,18-. The van der Waals surface area contributed by atoms with E-state index in [1.54, 1.807) is 12.1 Å². The van der Waals surface area contributed by atoms with Crippen LogP contribution in [-0.4, -0.2) is 19.3 Å². The van der Waals surface area contributed by atoms with E-state index >= 15 is 0 Å². The van der Waals surface area contributed by atoms with Crippen molar-refractivity contribution in [3.8, 4) is 0 Å². The van der Waals surface area contributed by atoms with Crippen LogP contribution < -0.4 is 0 Å². The van der Waals surface area contributed by atoms with Crippen molar-refractivity contribution in [2.75, 3.05) is 6.61 Å². The molecule has 28 heavy (non-hydrogen) atoms. The van der Waals surface area contributed by atoms with Crippen molar-refractivity contribution >= 4 is 23.9 Å². The molecule has 0 unspecified atom stereocenters. The van der Waals surface area contributed by atoms with Crippen molar-refractivity contribution in [1.82, 2.24) is 0 Å². The van der Waals surface area contributed by atoms with E-state index < -0.39 is 5.41 Å². The zero-order valence-electron chi connectivity index (χ0n) is 17.5. The van der Waals surface area contributed by atoms with Crippen LogP contribution in [0.4, 0.5) is 10.1 Å². The summed E-state index contributed by atoms with van der Waals surface area (Å²) >= 11 is 0. The summed E-state index contributed by atoms with van der Waals surface area (Å²) in [4.78, 5) is 16.5. The predicted octanol–water partition coefficient (Wildman–Crippen LogP) is 6.20. The molecule has 152 valence electrons. The molecule has 0 spiro atoms. The quantitative estimate of drug-likeness (QED) is 0.432. The van der Waals surface area contributed by atoms with E-state index in [4.69, 9.17) is 4.74 Å². The Morgan fingerprint density at radius 1 is 1.29 bits per heavy atom. The minimum absolute atomic E-state index is 0.0767. The van der Waals surface area contributed by atoms with Crippen LogP contribution in [0.1, 0.15) is 58.9 Å². The zero-order chi connectivity index (χ0) is 20.5. The maximum atomic E-state index is 13.9. The number of aliphatic imine (C=N–C) groups is 1. The summed E-state index contributed by atoms with van der Waals surface area (Å²) in [6.45, 7) is 12.0. The van der Waals surface area contributed by atoms with Gasteiger partial charge in [0.1, 0.15) is 5.82 Å². The van der Waals surface area contributed by atoms with Gasteiger partial charge in [0, 0.05) is 5.56 Å². The third kappa shape index (κ3) is 3.78. The number of carbonyl (C=O) groups excluding carboxylic acids is 1. The molecular formula is C24H32FNO2. The van der Waals surface area contributed by atoms with Gasteiger partial charge in [-0.05, 0) is 108 Å². The highest BCUT2D eigenvalue weighted by Crippen LogP contribution is 2.56. The van der Waals surface area contributed by atoms with Gasteiger partial charge in [0.25, 0.3) is 0 Å². The fraction of sp³-hybridized carbons (Fsp3) is 0.583. The van der Waals surface area contributed by atoms with Crippen molar-refractivity contribution in [3.05, 3.63) is 35.7 Å². The molecule has 1 aromatic carbocycles. The molecular weight excluding hydrogens is 353 g/mol. The van der Waals surface area contributed by atoms with Crippen LogP contribution in [0.3, 0.4) is 0 Å². The van der Waals surface area contributed by atoms with Crippen LogP contribution in [0.2, 0.25) is 0 Å². The second-order valence-corrected chi connectivity index (χ2v) is 8.86. The van der Waals surface area contributed by atoms with Gasteiger partial charge in [-0.2, -0.15) is 0 Å². The Balaban J connectivity index is 1.73. The fourth-order valence-corrected chi connectivity index (χ4v) is 5.43. The molecule has 0 aromatic heterocycles. The third-order valence-corrected chi connectivity index (χ3v) is 7.03. The van der Waals surface area contributed by atoms with Crippen molar-refractivity contribution < 1.29 is 13.9 Å². The van der Waals surface area contributed by atoms with Gasteiger partial charge < -0.3 is 4.74 Å². The van der Waals surface area contributed by atoms with E-state index in [0.717, 1.165) is 36.9 Å². The predicted molar refractivity (Wildman–Crippen MR) is 112 cm³/mol. The Kier molecular flexibility index (Phi) is 6.07. The lowest BCUT2D eigenvalue weighted by molar-refractivity contribution is -0.156. The smallest absolute Gasteiger partial charge is 0.311 e. The number of allylic oxidation sites excluding steroid dienone is 2. The van der Waals surface area contributed by atoms with Gasteiger partial charge in [-0.15, -0.1) is 0 Å². The molecule has 3 nitrogen and oxygen atoms in total. The first-order valence-electron chi connectivity index (χ1n) is 10.4. The van der Waals surface area contributed by atoms with Gasteiger partial charge in [-0.25, -0.2) is 4.39 Å². The average Bonchev–Trinajstić information content (AvgIpc) is 3.22. The number of benzene rings is 1. The van der Waals surface area contributed by atoms with E-state index in [1.807, 2.05) is 27.7 Å². The number of carbonyl (C=O) groups is 1. The first kappa shape index (κ1) is 20.8. The van der Waals surface area contributed by atoms with Crippen LogP contribution in [-0.2, 0) is 9.53 Å². The molecule has 1 aromatic rings. The fourth-order valence-electron chi connectivity index (χ4n) is 5.43. The molecule has 0 heterocycles. The Bertz CT molecular complexity index is 769. The highest BCUT2D eigenvalue weighted by molar-refractivity contribution is 5.77. The van der Waals surface area contributed by atoms with Crippen LogP contribution >= 0.6 is 0 Å². The maximum Gasteiger partial charge on any atom is 0.311 e. The summed E-state index contributed by atoms with van der Waals surface area (Å²) < 4.78 is 19.2. The SMILES string of the molecule is C=Nc1ccc(F)cc1/C(=C\C)[C@H]1C[C@@H]2C[C@@H](C(C)(C)C(=O)OCC)C[C@@H]2C1. The molecule has 0 bridgehead atoms. The lowest BCUT2D eigenvalue weighted by Gasteiger charge is -2.30. The third-order valence-electron chi connectivity index (χ3n) is 7.03. The Hall–Kier alpha value is -1.97. The maximum absolute atomic E-state index is 13.9. The Labute approximate surface area is 168 Å². The number of esters is 1. The first-order chi connectivity index (χ1) is 13.3. The summed E-state index contributed by atoms with van der Waals surface area (Å²) in [5.74, 6) is 1.70. The minimum Gasteiger partial charge on any atom is -0.466 e. The van der Waals surface area contributed by atoms with Crippen LogP contribution in [0.15, 0.2) is 29.3 Å².